The molecule has 0 aliphatic heterocycles. The lowest BCUT2D eigenvalue weighted by atomic mass is 10.1. The maximum atomic E-state index is 7.19. The van der Waals surface area contributed by atoms with E-state index in [1.807, 2.05) is 0 Å². The fraction of sp³-hybridized carbons (Fsp3) is 0.200. The Kier molecular flexibility index (Phi) is 5.07. The number of rotatable bonds is 4. The molecule has 0 amide bonds. The van der Waals surface area contributed by atoms with Crippen molar-refractivity contribution in [1.29, 1.82) is 0 Å². The topological polar surface area (TPSA) is 9.23 Å². The normalized spacial score (nSPS) is 13.8. The van der Waals surface area contributed by atoms with Gasteiger partial charge in [0.1, 0.15) is 5.76 Å². The summed E-state index contributed by atoms with van der Waals surface area (Å²) < 4.78 is 8.30. The van der Waals surface area contributed by atoms with Crippen LogP contribution in [0.2, 0.25) is 5.04 Å². The second kappa shape index (κ2) is 7.38. The monoisotopic (exact) mass is 448 g/mol. The molecule has 0 aromatic heterocycles. The van der Waals surface area contributed by atoms with Gasteiger partial charge in [0.05, 0.1) is 0 Å². The molecule has 0 unspecified atom stereocenters. The molecule has 0 radical (unpaired) electrons. The SMILES string of the molecule is CC(C)(C)[Si](OC1=CCc2cc(Br)ccc21)(c1ccccc1)c1ccccc1. The minimum atomic E-state index is -2.58. The first-order valence-corrected chi connectivity index (χ1v) is 12.4. The molecular weight excluding hydrogens is 424 g/mol. The van der Waals surface area contributed by atoms with Crippen molar-refractivity contribution < 1.29 is 4.43 Å². The third kappa shape index (κ3) is 3.27. The third-order valence-electron chi connectivity index (χ3n) is 5.52. The standard InChI is InChI=1S/C25H25BrOSi/c1-25(2,3)28(21-10-6-4-7-11-21,22-12-8-5-9-13-22)27-24-17-14-19-18-20(26)15-16-23(19)24/h4-13,15-18H,14H2,1-3H3. The third-order valence-corrected chi connectivity index (χ3v) is 10.9. The van der Waals surface area contributed by atoms with E-state index in [1.54, 1.807) is 0 Å². The van der Waals surface area contributed by atoms with Crippen LogP contribution >= 0.6 is 15.9 Å². The molecule has 3 aromatic carbocycles. The molecule has 0 spiro atoms. The predicted molar refractivity (Wildman–Crippen MR) is 125 cm³/mol. The smallest absolute Gasteiger partial charge is 0.319 e. The number of fused-ring (bicyclic) bond motifs is 1. The van der Waals surface area contributed by atoms with Crippen molar-refractivity contribution in [2.24, 2.45) is 0 Å². The quantitative estimate of drug-likeness (QED) is 0.449. The van der Waals surface area contributed by atoms with Gasteiger partial charge in [-0.1, -0.05) is 97.4 Å². The van der Waals surface area contributed by atoms with E-state index in [9.17, 15) is 0 Å². The summed E-state index contributed by atoms with van der Waals surface area (Å²) in [6.45, 7) is 6.95. The molecule has 1 aliphatic rings. The molecule has 3 heteroatoms. The Balaban J connectivity index is 1.90. The molecule has 0 N–H and O–H groups in total. The van der Waals surface area contributed by atoms with Crippen LogP contribution in [-0.2, 0) is 10.8 Å². The second-order valence-corrected chi connectivity index (χ2v) is 13.5. The van der Waals surface area contributed by atoms with E-state index in [-0.39, 0.29) is 5.04 Å². The Morgan fingerprint density at radius 3 is 1.93 bits per heavy atom. The zero-order valence-corrected chi connectivity index (χ0v) is 19.2. The summed E-state index contributed by atoms with van der Waals surface area (Å²) in [7, 11) is -2.58. The maximum absolute atomic E-state index is 7.19. The highest BCUT2D eigenvalue weighted by Crippen LogP contribution is 2.41. The lowest BCUT2D eigenvalue weighted by Gasteiger charge is -2.43. The second-order valence-electron chi connectivity index (χ2n) is 8.34. The van der Waals surface area contributed by atoms with Gasteiger partial charge in [-0.15, -0.1) is 0 Å². The number of halogens is 1. The van der Waals surface area contributed by atoms with Gasteiger partial charge < -0.3 is 4.43 Å². The first-order chi connectivity index (χ1) is 13.4. The molecule has 1 nitrogen and oxygen atoms in total. The van der Waals surface area contributed by atoms with E-state index < -0.39 is 8.32 Å². The Labute approximate surface area is 177 Å². The highest BCUT2D eigenvalue weighted by atomic mass is 79.9. The van der Waals surface area contributed by atoms with E-state index in [0.29, 0.717) is 0 Å². The van der Waals surface area contributed by atoms with Crippen molar-refractivity contribution in [2.45, 2.75) is 32.2 Å². The van der Waals surface area contributed by atoms with Crippen LogP contribution in [0, 0.1) is 0 Å². The van der Waals surface area contributed by atoms with E-state index in [2.05, 4.69) is 122 Å². The van der Waals surface area contributed by atoms with Gasteiger partial charge in [-0.2, -0.15) is 0 Å². The van der Waals surface area contributed by atoms with E-state index in [0.717, 1.165) is 16.7 Å². The summed E-state index contributed by atoms with van der Waals surface area (Å²) in [5, 5.41) is 2.58. The van der Waals surface area contributed by atoms with Crippen molar-refractivity contribution >= 4 is 40.4 Å². The number of hydrogen-bond donors (Lipinski definition) is 0. The van der Waals surface area contributed by atoms with Crippen LogP contribution in [0.4, 0.5) is 0 Å². The van der Waals surface area contributed by atoms with Crippen LogP contribution in [0.3, 0.4) is 0 Å². The van der Waals surface area contributed by atoms with E-state index in [4.69, 9.17) is 4.43 Å². The van der Waals surface area contributed by atoms with E-state index in [1.165, 1.54) is 21.5 Å². The molecule has 4 rings (SSSR count). The summed E-state index contributed by atoms with van der Waals surface area (Å²) in [5.41, 5.74) is 2.54. The number of hydrogen-bond acceptors (Lipinski definition) is 1. The molecule has 0 bridgehead atoms. The molecule has 0 saturated heterocycles. The van der Waals surface area contributed by atoms with Gasteiger partial charge in [-0.05, 0) is 51.7 Å². The fourth-order valence-electron chi connectivity index (χ4n) is 4.20. The number of allylic oxidation sites excluding steroid dienone is 1. The average Bonchev–Trinajstić information content (AvgIpc) is 3.08. The molecular formula is C25H25BrOSi. The van der Waals surface area contributed by atoms with Crippen LogP contribution in [0.15, 0.2) is 89.4 Å². The van der Waals surface area contributed by atoms with Crippen LogP contribution in [0.1, 0.15) is 31.9 Å². The lowest BCUT2D eigenvalue weighted by molar-refractivity contribution is 0.474. The molecule has 28 heavy (non-hydrogen) atoms. The predicted octanol–water partition coefficient (Wildman–Crippen LogP) is 5.92. The first kappa shape index (κ1) is 19.2. The summed E-state index contributed by atoms with van der Waals surface area (Å²) >= 11 is 3.60. The van der Waals surface area contributed by atoms with Gasteiger partial charge in [0.15, 0.2) is 0 Å². The molecule has 1 aliphatic carbocycles. The van der Waals surface area contributed by atoms with Crippen molar-refractivity contribution in [3.8, 4) is 0 Å². The van der Waals surface area contributed by atoms with Gasteiger partial charge in [0.25, 0.3) is 0 Å². The Morgan fingerprint density at radius 2 is 1.39 bits per heavy atom. The van der Waals surface area contributed by atoms with Crippen molar-refractivity contribution in [2.75, 3.05) is 0 Å². The summed E-state index contributed by atoms with van der Waals surface area (Å²) in [4.78, 5) is 0. The zero-order valence-electron chi connectivity index (χ0n) is 16.6. The van der Waals surface area contributed by atoms with E-state index >= 15 is 0 Å². The molecule has 142 valence electrons. The van der Waals surface area contributed by atoms with Crippen LogP contribution in [0.5, 0.6) is 0 Å². The van der Waals surface area contributed by atoms with Crippen molar-refractivity contribution in [3.63, 3.8) is 0 Å². The zero-order chi connectivity index (χ0) is 19.8. The summed E-state index contributed by atoms with van der Waals surface area (Å²) in [6, 6.07) is 28.1. The van der Waals surface area contributed by atoms with Gasteiger partial charge in [-0.25, -0.2) is 0 Å². The van der Waals surface area contributed by atoms with Crippen molar-refractivity contribution in [1.82, 2.24) is 0 Å². The molecule has 0 atom stereocenters. The fourth-order valence-corrected chi connectivity index (χ4v) is 9.06. The minimum absolute atomic E-state index is 0.0331. The molecule has 0 fully saturated rings. The maximum Gasteiger partial charge on any atom is 0.319 e. The van der Waals surface area contributed by atoms with Gasteiger partial charge in [-0.3, -0.25) is 0 Å². The first-order valence-electron chi connectivity index (χ1n) is 9.71. The average molecular weight is 449 g/mol. The van der Waals surface area contributed by atoms with Crippen LogP contribution in [-0.4, -0.2) is 8.32 Å². The van der Waals surface area contributed by atoms with Crippen LogP contribution in [0.25, 0.3) is 5.76 Å². The Morgan fingerprint density at radius 1 is 0.821 bits per heavy atom. The highest BCUT2D eigenvalue weighted by molar-refractivity contribution is 9.10. The highest BCUT2D eigenvalue weighted by Gasteiger charge is 2.52. The Hall–Kier alpha value is -2.10. The largest absolute Gasteiger partial charge is 0.534 e. The van der Waals surface area contributed by atoms with Crippen LogP contribution < -0.4 is 10.4 Å². The Bertz CT molecular complexity index is 964. The minimum Gasteiger partial charge on any atom is -0.534 e. The molecule has 0 heterocycles. The van der Waals surface area contributed by atoms with Gasteiger partial charge in [0.2, 0.25) is 0 Å². The van der Waals surface area contributed by atoms with Gasteiger partial charge >= 0.3 is 8.32 Å². The molecule has 0 saturated carbocycles. The summed E-state index contributed by atoms with van der Waals surface area (Å²) in [5.74, 6) is 1.02. The van der Waals surface area contributed by atoms with Crippen molar-refractivity contribution in [3.05, 3.63) is 101 Å². The van der Waals surface area contributed by atoms with Gasteiger partial charge in [0, 0.05) is 10.0 Å². The lowest BCUT2D eigenvalue weighted by Crippen LogP contribution is -2.66. The molecule has 3 aromatic rings. The number of benzene rings is 3. The summed E-state index contributed by atoms with van der Waals surface area (Å²) in [6.07, 6.45) is 3.17.